The number of aromatic amines is 1. The number of carbonyl (C=O) groups is 1. The maximum atomic E-state index is 11.4. The van der Waals surface area contributed by atoms with Crippen LogP contribution in [0.25, 0.3) is 0 Å². The highest BCUT2D eigenvalue weighted by atomic mass is 16.6. The minimum atomic E-state index is -0.422. The Morgan fingerprint density at radius 2 is 2.24 bits per heavy atom. The normalized spacial score (nSPS) is 13.4. The summed E-state index contributed by atoms with van der Waals surface area (Å²) < 4.78 is 0. The summed E-state index contributed by atoms with van der Waals surface area (Å²) in [5.41, 5.74) is 2.68. The number of H-pyrrole nitrogens is 1. The van der Waals surface area contributed by atoms with Crippen molar-refractivity contribution >= 4 is 23.0 Å². The van der Waals surface area contributed by atoms with Gasteiger partial charge in [-0.2, -0.15) is 5.10 Å². The number of fused-ring (bicyclic) bond motifs is 1. The molecule has 0 saturated carbocycles. The third-order valence-electron chi connectivity index (χ3n) is 3.35. The Kier molecular flexibility index (Phi) is 3.27. The monoisotopic (exact) mass is 287 g/mol. The number of benzene rings is 1. The molecule has 3 N–H and O–H groups in total. The molecule has 1 amide bonds. The van der Waals surface area contributed by atoms with E-state index in [1.807, 2.05) is 0 Å². The van der Waals surface area contributed by atoms with Gasteiger partial charge in [0.25, 0.3) is 5.69 Å². The molecule has 0 fully saturated rings. The number of aryl methyl sites for hydroxylation is 1. The number of carbonyl (C=O) groups excluding carboxylic acids is 1. The van der Waals surface area contributed by atoms with E-state index in [9.17, 15) is 14.9 Å². The van der Waals surface area contributed by atoms with Crippen LogP contribution in [-0.2, 0) is 17.8 Å². The first-order chi connectivity index (χ1) is 10.1. The molecule has 8 nitrogen and oxygen atoms in total. The van der Waals surface area contributed by atoms with Gasteiger partial charge in [0.1, 0.15) is 5.69 Å². The van der Waals surface area contributed by atoms with Crippen molar-refractivity contribution in [3.05, 3.63) is 45.8 Å². The Labute approximate surface area is 119 Å². The van der Waals surface area contributed by atoms with Gasteiger partial charge in [-0.1, -0.05) is 0 Å². The third-order valence-corrected chi connectivity index (χ3v) is 3.35. The highest BCUT2D eigenvalue weighted by molar-refractivity contribution is 5.95. The van der Waals surface area contributed by atoms with E-state index in [2.05, 4.69) is 20.8 Å². The minimum absolute atomic E-state index is 0.00777. The average molecular weight is 287 g/mol. The SMILES string of the molecule is O=C1CCc2cc([N+](=O)[O-])c(NCc3cn[nH]c3)cc2N1. The minimum Gasteiger partial charge on any atom is -0.375 e. The molecule has 0 saturated heterocycles. The lowest BCUT2D eigenvalue weighted by Gasteiger charge is -2.18. The van der Waals surface area contributed by atoms with Gasteiger partial charge in [-0.15, -0.1) is 0 Å². The molecule has 2 aromatic rings. The van der Waals surface area contributed by atoms with E-state index in [4.69, 9.17) is 0 Å². The summed E-state index contributed by atoms with van der Waals surface area (Å²) in [4.78, 5) is 22.2. The van der Waals surface area contributed by atoms with Crippen molar-refractivity contribution < 1.29 is 9.72 Å². The maximum absolute atomic E-state index is 11.4. The number of nitrogens with zero attached hydrogens (tertiary/aromatic N) is 2. The van der Waals surface area contributed by atoms with Gasteiger partial charge >= 0.3 is 0 Å². The first kappa shape index (κ1) is 13.1. The molecule has 3 rings (SSSR count). The first-order valence-electron chi connectivity index (χ1n) is 6.46. The smallest absolute Gasteiger partial charge is 0.292 e. The standard InChI is InChI=1S/C13H13N5O3/c19-13-2-1-9-3-12(18(20)21)11(4-10(9)17-13)14-5-8-6-15-16-7-8/h3-4,6-7,14H,1-2,5H2,(H,15,16)(H,17,19). The lowest BCUT2D eigenvalue weighted by atomic mass is 10.0. The third kappa shape index (κ3) is 2.69. The van der Waals surface area contributed by atoms with Crippen LogP contribution in [0.5, 0.6) is 0 Å². The van der Waals surface area contributed by atoms with Crippen molar-refractivity contribution in [1.29, 1.82) is 0 Å². The summed E-state index contributed by atoms with van der Waals surface area (Å²) in [6.45, 7) is 0.407. The molecular weight excluding hydrogens is 274 g/mol. The fourth-order valence-corrected chi connectivity index (χ4v) is 2.28. The maximum Gasteiger partial charge on any atom is 0.292 e. The van der Waals surface area contributed by atoms with E-state index in [1.165, 1.54) is 6.07 Å². The van der Waals surface area contributed by atoms with Crippen LogP contribution in [0.2, 0.25) is 0 Å². The molecule has 0 unspecified atom stereocenters. The van der Waals surface area contributed by atoms with Crippen molar-refractivity contribution in [2.75, 3.05) is 10.6 Å². The van der Waals surface area contributed by atoms with Crippen molar-refractivity contribution in [3.8, 4) is 0 Å². The van der Waals surface area contributed by atoms with Crippen LogP contribution in [0, 0.1) is 10.1 Å². The molecule has 21 heavy (non-hydrogen) atoms. The van der Waals surface area contributed by atoms with Crippen LogP contribution in [0.1, 0.15) is 17.5 Å². The number of aromatic nitrogens is 2. The van der Waals surface area contributed by atoms with E-state index in [-0.39, 0.29) is 11.6 Å². The Bertz CT molecular complexity index is 696. The second-order valence-electron chi connectivity index (χ2n) is 4.79. The molecular formula is C13H13N5O3. The van der Waals surface area contributed by atoms with Gasteiger partial charge in [0.15, 0.2) is 0 Å². The number of nitrogens with one attached hydrogen (secondary N) is 3. The number of rotatable bonds is 4. The molecule has 0 bridgehead atoms. The molecule has 2 heterocycles. The molecule has 108 valence electrons. The van der Waals surface area contributed by atoms with E-state index in [0.717, 1.165) is 11.1 Å². The first-order valence-corrected chi connectivity index (χ1v) is 6.46. The van der Waals surface area contributed by atoms with Gasteiger partial charge in [0.05, 0.1) is 11.1 Å². The van der Waals surface area contributed by atoms with Crippen LogP contribution < -0.4 is 10.6 Å². The second kappa shape index (κ2) is 5.23. The van der Waals surface area contributed by atoms with Crippen LogP contribution >= 0.6 is 0 Å². The van der Waals surface area contributed by atoms with Gasteiger partial charge in [-0.3, -0.25) is 20.0 Å². The molecule has 0 spiro atoms. The molecule has 1 aromatic carbocycles. The van der Waals surface area contributed by atoms with E-state index < -0.39 is 4.92 Å². The summed E-state index contributed by atoms with van der Waals surface area (Å²) in [5, 5.41) is 23.4. The molecule has 0 aliphatic carbocycles. The summed E-state index contributed by atoms with van der Waals surface area (Å²) in [6, 6.07) is 3.14. The lowest BCUT2D eigenvalue weighted by molar-refractivity contribution is -0.384. The van der Waals surface area contributed by atoms with Crippen molar-refractivity contribution in [2.45, 2.75) is 19.4 Å². The van der Waals surface area contributed by atoms with Gasteiger partial charge < -0.3 is 10.6 Å². The van der Waals surface area contributed by atoms with Gasteiger partial charge in [0, 0.05) is 36.5 Å². The van der Waals surface area contributed by atoms with Gasteiger partial charge in [0.2, 0.25) is 5.91 Å². The number of anilines is 2. The topological polar surface area (TPSA) is 113 Å². The molecule has 8 heteroatoms. The number of amides is 1. The Hall–Kier alpha value is -2.90. The summed E-state index contributed by atoms with van der Waals surface area (Å²) >= 11 is 0. The Morgan fingerprint density at radius 1 is 1.38 bits per heavy atom. The predicted octanol–water partition coefficient (Wildman–Crippen LogP) is 1.81. The molecule has 1 aliphatic rings. The fourth-order valence-electron chi connectivity index (χ4n) is 2.28. The average Bonchev–Trinajstić information content (AvgIpc) is 2.97. The summed E-state index contributed by atoms with van der Waals surface area (Å²) in [7, 11) is 0. The summed E-state index contributed by atoms with van der Waals surface area (Å²) in [5.74, 6) is -0.0721. The summed E-state index contributed by atoms with van der Waals surface area (Å²) in [6.07, 6.45) is 4.22. The van der Waals surface area contributed by atoms with Crippen molar-refractivity contribution in [2.24, 2.45) is 0 Å². The zero-order chi connectivity index (χ0) is 14.8. The van der Waals surface area contributed by atoms with E-state index in [1.54, 1.807) is 18.5 Å². The Morgan fingerprint density at radius 3 is 2.95 bits per heavy atom. The van der Waals surface area contributed by atoms with Crippen LogP contribution in [0.3, 0.4) is 0 Å². The van der Waals surface area contributed by atoms with Crippen LogP contribution in [0.15, 0.2) is 24.5 Å². The quantitative estimate of drug-likeness (QED) is 0.586. The predicted molar refractivity (Wildman–Crippen MR) is 76.0 cm³/mol. The van der Waals surface area contributed by atoms with Crippen LogP contribution in [-0.4, -0.2) is 21.0 Å². The van der Waals surface area contributed by atoms with Gasteiger partial charge in [-0.05, 0) is 18.1 Å². The highest BCUT2D eigenvalue weighted by Gasteiger charge is 2.22. The van der Waals surface area contributed by atoms with E-state index in [0.29, 0.717) is 30.8 Å². The number of nitro groups is 1. The number of hydrogen-bond donors (Lipinski definition) is 3. The van der Waals surface area contributed by atoms with E-state index >= 15 is 0 Å². The zero-order valence-electron chi connectivity index (χ0n) is 11.0. The largest absolute Gasteiger partial charge is 0.375 e. The van der Waals surface area contributed by atoms with Crippen LogP contribution in [0.4, 0.5) is 17.1 Å². The Balaban J connectivity index is 1.91. The fraction of sp³-hybridized carbons (Fsp3) is 0.231. The second-order valence-corrected chi connectivity index (χ2v) is 4.79. The number of hydrogen-bond acceptors (Lipinski definition) is 5. The molecule has 0 radical (unpaired) electrons. The zero-order valence-corrected chi connectivity index (χ0v) is 11.0. The lowest BCUT2D eigenvalue weighted by Crippen LogP contribution is -2.19. The van der Waals surface area contributed by atoms with Crippen molar-refractivity contribution in [3.63, 3.8) is 0 Å². The number of nitro benzene ring substituents is 1. The molecule has 1 aliphatic heterocycles. The molecule has 1 aromatic heterocycles. The van der Waals surface area contributed by atoms with Gasteiger partial charge in [-0.25, -0.2) is 0 Å². The van der Waals surface area contributed by atoms with Crippen molar-refractivity contribution in [1.82, 2.24) is 10.2 Å². The highest BCUT2D eigenvalue weighted by Crippen LogP contribution is 2.34. The molecule has 0 atom stereocenters.